The van der Waals surface area contributed by atoms with Gasteiger partial charge in [0.05, 0.1) is 10.6 Å². The largest absolute Gasteiger partial charge is 0.297 e. The smallest absolute Gasteiger partial charge is 0.267 e. The molecule has 0 aliphatic carbocycles. The number of carbonyl (C=O) groups is 1. The standard InChI is InChI=1S/C19H19N3OS2/c1-13-7-8-16(24-13)18(23)21-19-20-15-9-10-22(12-17(15)25-19)11-14-5-3-2-4-6-14/h2-8H,9-12H2,1H3,(H,20,21,23). The number of thiophene rings is 1. The lowest BCUT2D eigenvalue weighted by molar-refractivity contribution is 0.103. The number of nitrogens with one attached hydrogen (secondary N) is 1. The fraction of sp³-hybridized carbons (Fsp3) is 0.263. The second-order valence-corrected chi connectivity index (χ2v) is 8.57. The number of benzene rings is 1. The molecule has 0 fully saturated rings. The molecule has 1 aliphatic rings. The molecule has 1 aromatic carbocycles. The summed E-state index contributed by atoms with van der Waals surface area (Å²) in [4.78, 5) is 22.5. The van der Waals surface area contributed by atoms with Crippen LogP contribution in [-0.4, -0.2) is 22.3 Å². The first-order valence-electron chi connectivity index (χ1n) is 8.30. The molecule has 25 heavy (non-hydrogen) atoms. The van der Waals surface area contributed by atoms with Crippen molar-refractivity contribution < 1.29 is 4.79 Å². The molecule has 0 saturated heterocycles. The highest BCUT2D eigenvalue weighted by Gasteiger charge is 2.21. The lowest BCUT2D eigenvalue weighted by Crippen LogP contribution is -2.29. The topological polar surface area (TPSA) is 45.2 Å². The lowest BCUT2D eigenvalue weighted by Gasteiger charge is -2.25. The van der Waals surface area contributed by atoms with E-state index in [0.29, 0.717) is 5.13 Å². The van der Waals surface area contributed by atoms with Gasteiger partial charge in [0, 0.05) is 35.8 Å². The highest BCUT2D eigenvalue weighted by molar-refractivity contribution is 7.16. The maximum absolute atomic E-state index is 12.3. The zero-order chi connectivity index (χ0) is 17.2. The number of carbonyl (C=O) groups excluding carboxylic acids is 1. The number of amides is 1. The molecule has 128 valence electrons. The van der Waals surface area contributed by atoms with Crippen molar-refractivity contribution in [2.75, 3.05) is 11.9 Å². The average Bonchev–Trinajstić information content (AvgIpc) is 3.21. The summed E-state index contributed by atoms with van der Waals surface area (Å²) < 4.78 is 0. The predicted octanol–water partition coefficient (Wildman–Crippen LogP) is 4.32. The molecule has 0 bridgehead atoms. The Morgan fingerprint density at radius 3 is 2.80 bits per heavy atom. The van der Waals surface area contributed by atoms with Crippen molar-refractivity contribution in [3.8, 4) is 0 Å². The number of hydrogen-bond acceptors (Lipinski definition) is 5. The number of aryl methyl sites for hydroxylation is 1. The van der Waals surface area contributed by atoms with E-state index < -0.39 is 0 Å². The van der Waals surface area contributed by atoms with Gasteiger partial charge in [-0.25, -0.2) is 4.98 Å². The van der Waals surface area contributed by atoms with Crippen molar-refractivity contribution in [3.05, 3.63) is 68.4 Å². The molecule has 6 heteroatoms. The van der Waals surface area contributed by atoms with Crippen LogP contribution in [0.2, 0.25) is 0 Å². The van der Waals surface area contributed by atoms with Gasteiger partial charge < -0.3 is 0 Å². The van der Waals surface area contributed by atoms with Gasteiger partial charge >= 0.3 is 0 Å². The average molecular weight is 370 g/mol. The molecule has 0 spiro atoms. The Morgan fingerprint density at radius 1 is 1.20 bits per heavy atom. The maximum atomic E-state index is 12.3. The van der Waals surface area contributed by atoms with E-state index in [-0.39, 0.29) is 5.91 Å². The molecule has 4 nitrogen and oxygen atoms in total. The Kier molecular flexibility index (Phi) is 4.65. The van der Waals surface area contributed by atoms with Gasteiger partial charge in [-0.15, -0.1) is 22.7 Å². The molecule has 0 saturated carbocycles. The van der Waals surface area contributed by atoms with Gasteiger partial charge in [0.2, 0.25) is 0 Å². The normalized spacial score (nSPS) is 14.3. The molecule has 0 atom stereocenters. The van der Waals surface area contributed by atoms with Gasteiger partial charge in [-0.1, -0.05) is 30.3 Å². The van der Waals surface area contributed by atoms with Crippen molar-refractivity contribution in [2.24, 2.45) is 0 Å². The van der Waals surface area contributed by atoms with Crippen molar-refractivity contribution in [3.63, 3.8) is 0 Å². The SMILES string of the molecule is Cc1ccc(C(=O)Nc2nc3c(s2)CN(Cc2ccccc2)CC3)s1. The minimum absolute atomic E-state index is 0.0645. The molecule has 4 rings (SSSR count). The molecule has 0 unspecified atom stereocenters. The Bertz CT molecular complexity index is 885. The molecule has 2 aromatic heterocycles. The van der Waals surface area contributed by atoms with E-state index in [2.05, 4.69) is 39.5 Å². The van der Waals surface area contributed by atoms with Crippen LogP contribution in [0.3, 0.4) is 0 Å². The minimum atomic E-state index is -0.0645. The van der Waals surface area contributed by atoms with Crippen molar-refractivity contribution >= 4 is 33.7 Å². The van der Waals surface area contributed by atoms with Gasteiger partial charge in [-0.05, 0) is 24.6 Å². The lowest BCUT2D eigenvalue weighted by atomic mass is 10.1. The third-order valence-corrected chi connectivity index (χ3v) is 6.24. The number of fused-ring (bicyclic) bond motifs is 1. The summed E-state index contributed by atoms with van der Waals surface area (Å²) >= 11 is 3.11. The highest BCUT2D eigenvalue weighted by Crippen LogP contribution is 2.29. The van der Waals surface area contributed by atoms with E-state index in [9.17, 15) is 4.79 Å². The van der Waals surface area contributed by atoms with E-state index in [1.165, 1.54) is 21.8 Å². The highest BCUT2D eigenvalue weighted by atomic mass is 32.1. The number of aromatic nitrogens is 1. The Morgan fingerprint density at radius 2 is 2.04 bits per heavy atom. The van der Waals surface area contributed by atoms with Crippen molar-refractivity contribution in [1.29, 1.82) is 0 Å². The van der Waals surface area contributed by atoms with Crippen molar-refractivity contribution in [1.82, 2.24) is 9.88 Å². The van der Waals surface area contributed by atoms with Crippen LogP contribution >= 0.6 is 22.7 Å². The third kappa shape index (κ3) is 3.81. The fourth-order valence-corrected chi connectivity index (χ4v) is 4.80. The Balaban J connectivity index is 1.43. The first-order valence-corrected chi connectivity index (χ1v) is 9.93. The van der Waals surface area contributed by atoms with Crippen LogP contribution in [0.15, 0.2) is 42.5 Å². The second kappa shape index (κ2) is 7.07. The summed E-state index contributed by atoms with van der Waals surface area (Å²) in [6.07, 6.45) is 0.937. The molecule has 1 amide bonds. The first-order chi connectivity index (χ1) is 12.2. The monoisotopic (exact) mass is 369 g/mol. The van der Waals surface area contributed by atoms with Crippen LogP contribution in [0.25, 0.3) is 0 Å². The summed E-state index contributed by atoms with van der Waals surface area (Å²) in [6.45, 7) is 4.86. The summed E-state index contributed by atoms with van der Waals surface area (Å²) in [5.41, 5.74) is 2.46. The zero-order valence-corrected chi connectivity index (χ0v) is 15.6. The number of rotatable bonds is 4. The van der Waals surface area contributed by atoms with Gasteiger partial charge in [-0.3, -0.25) is 15.0 Å². The second-order valence-electron chi connectivity index (χ2n) is 6.20. The van der Waals surface area contributed by atoms with E-state index in [4.69, 9.17) is 0 Å². The van der Waals surface area contributed by atoms with Crippen molar-refractivity contribution in [2.45, 2.75) is 26.4 Å². The van der Waals surface area contributed by atoms with Gasteiger partial charge in [-0.2, -0.15) is 0 Å². The maximum Gasteiger partial charge on any atom is 0.267 e. The quantitative estimate of drug-likeness (QED) is 0.745. The minimum Gasteiger partial charge on any atom is -0.297 e. The fourth-order valence-electron chi connectivity index (χ4n) is 2.99. The molecule has 3 aromatic rings. The number of anilines is 1. The zero-order valence-electron chi connectivity index (χ0n) is 14.0. The van der Waals surface area contributed by atoms with E-state index >= 15 is 0 Å². The summed E-state index contributed by atoms with van der Waals surface area (Å²) in [6, 6.07) is 14.4. The van der Waals surface area contributed by atoms with Crippen LogP contribution in [0.5, 0.6) is 0 Å². The first kappa shape index (κ1) is 16.4. The number of hydrogen-bond donors (Lipinski definition) is 1. The van der Waals surface area contributed by atoms with Gasteiger partial charge in [0.15, 0.2) is 5.13 Å². The van der Waals surface area contributed by atoms with Crippen LogP contribution < -0.4 is 5.32 Å². The summed E-state index contributed by atoms with van der Waals surface area (Å²) in [5, 5.41) is 3.66. The molecule has 0 radical (unpaired) electrons. The van der Waals surface area contributed by atoms with E-state index in [1.54, 1.807) is 11.3 Å². The Labute approximate surface area is 155 Å². The van der Waals surface area contributed by atoms with Crippen LogP contribution in [-0.2, 0) is 19.5 Å². The molecular weight excluding hydrogens is 350 g/mol. The van der Waals surface area contributed by atoms with Crippen LogP contribution in [0, 0.1) is 6.92 Å². The predicted molar refractivity (Wildman–Crippen MR) is 103 cm³/mol. The molecule has 1 aliphatic heterocycles. The summed E-state index contributed by atoms with van der Waals surface area (Å²) in [5.74, 6) is -0.0645. The summed E-state index contributed by atoms with van der Waals surface area (Å²) in [7, 11) is 0. The number of nitrogens with zero attached hydrogens (tertiary/aromatic N) is 2. The van der Waals surface area contributed by atoms with Crippen LogP contribution in [0.1, 0.15) is 30.7 Å². The molecule has 3 heterocycles. The van der Waals surface area contributed by atoms with Gasteiger partial charge in [0.25, 0.3) is 5.91 Å². The van der Waals surface area contributed by atoms with Crippen LogP contribution in [0.4, 0.5) is 5.13 Å². The third-order valence-electron chi connectivity index (χ3n) is 4.24. The Hall–Kier alpha value is -2.02. The van der Waals surface area contributed by atoms with E-state index in [1.807, 2.05) is 25.1 Å². The number of thiazole rings is 1. The molecule has 1 N–H and O–H groups in total. The van der Waals surface area contributed by atoms with E-state index in [0.717, 1.165) is 41.5 Å². The molecular formula is C19H19N3OS2. The van der Waals surface area contributed by atoms with Gasteiger partial charge in [0.1, 0.15) is 0 Å².